The Hall–Kier alpha value is -2.23. The molecule has 0 bridgehead atoms. The summed E-state index contributed by atoms with van der Waals surface area (Å²) in [5, 5.41) is 0. The van der Waals surface area contributed by atoms with Gasteiger partial charge in [0.05, 0.1) is 12.8 Å². The van der Waals surface area contributed by atoms with Crippen LogP contribution in [0.1, 0.15) is 10.4 Å². The molecule has 0 aliphatic carbocycles. The van der Waals surface area contributed by atoms with Gasteiger partial charge in [0, 0.05) is 17.2 Å². The second kappa shape index (κ2) is 4.74. The first kappa shape index (κ1) is 11.3. The van der Waals surface area contributed by atoms with Crippen molar-refractivity contribution < 1.29 is 13.9 Å². The Morgan fingerprint density at radius 2 is 2.12 bits per heavy atom. The summed E-state index contributed by atoms with van der Waals surface area (Å²) in [5.41, 5.74) is 1.36. The molecule has 0 saturated heterocycles. The molecule has 0 spiro atoms. The number of ether oxygens (including phenoxy) is 1. The van der Waals surface area contributed by atoms with Gasteiger partial charge >= 0.3 is 0 Å². The molecule has 2 rings (SSSR count). The van der Waals surface area contributed by atoms with Crippen LogP contribution < -0.4 is 4.74 Å². The second-order valence-corrected chi connectivity index (χ2v) is 3.41. The van der Waals surface area contributed by atoms with E-state index in [1.54, 1.807) is 18.2 Å². The molecule has 0 aliphatic heterocycles. The molecule has 4 heteroatoms. The number of carbonyl (C=O) groups excluding carboxylic acids is 1. The van der Waals surface area contributed by atoms with Gasteiger partial charge in [0.2, 0.25) is 5.88 Å². The molecular formula is C13H10FNO2. The fourth-order valence-corrected chi connectivity index (χ4v) is 1.53. The third-order valence-electron chi connectivity index (χ3n) is 2.35. The van der Waals surface area contributed by atoms with Crippen LogP contribution in [-0.4, -0.2) is 18.4 Å². The van der Waals surface area contributed by atoms with E-state index in [0.717, 1.165) is 0 Å². The summed E-state index contributed by atoms with van der Waals surface area (Å²) in [4.78, 5) is 15.0. The fraction of sp³-hybridized carbons (Fsp3) is 0.0769. The number of methoxy groups -OCH3 is 1. The second-order valence-electron chi connectivity index (χ2n) is 3.41. The van der Waals surface area contributed by atoms with E-state index in [1.165, 1.54) is 25.3 Å². The van der Waals surface area contributed by atoms with Crippen LogP contribution in [0.3, 0.4) is 0 Å². The third-order valence-corrected chi connectivity index (χ3v) is 2.35. The number of hydrogen-bond acceptors (Lipinski definition) is 3. The molecule has 3 nitrogen and oxygen atoms in total. The Kier molecular flexibility index (Phi) is 3.14. The van der Waals surface area contributed by atoms with Crippen molar-refractivity contribution in [2.75, 3.05) is 7.11 Å². The maximum Gasteiger partial charge on any atom is 0.213 e. The maximum atomic E-state index is 13.2. The van der Waals surface area contributed by atoms with Crippen LogP contribution in [-0.2, 0) is 0 Å². The van der Waals surface area contributed by atoms with Crippen LogP contribution in [0.4, 0.5) is 4.39 Å². The molecule has 1 heterocycles. The highest BCUT2D eigenvalue weighted by Gasteiger charge is 2.08. The highest BCUT2D eigenvalue weighted by atomic mass is 19.1. The third kappa shape index (κ3) is 2.30. The van der Waals surface area contributed by atoms with E-state index in [2.05, 4.69) is 4.98 Å². The molecule has 1 aromatic carbocycles. The quantitative estimate of drug-likeness (QED) is 0.762. The largest absolute Gasteiger partial charge is 0.481 e. The molecule has 1 aromatic heterocycles. The van der Waals surface area contributed by atoms with Crippen LogP contribution in [0, 0.1) is 5.82 Å². The lowest BCUT2D eigenvalue weighted by molar-refractivity contribution is 0.112. The summed E-state index contributed by atoms with van der Waals surface area (Å²) in [5.74, 6) is 0.0128. The average molecular weight is 231 g/mol. The molecule has 0 atom stereocenters. The fourth-order valence-electron chi connectivity index (χ4n) is 1.53. The lowest BCUT2D eigenvalue weighted by Gasteiger charge is -2.06. The minimum absolute atomic E-state index is 0.396. The van der Waals surface area contributed by atoms with Gasteiger partial charge in [-0.3, -0.25) is 4.79 Å². The number of aldehydes is 1. The molecule has 0 N–H and O–H groups in total. The van der Waals surface area contributed by atoms with Crippen molar-refractivity contribution in [3.63, 3.8) is 0 Å². The van der Waals surface area contributed by atoms with E-state index in [9.17, 15) is 9.18 Å². The van der Waals surface area contributed by atoms with Gasteiger partial charge in [-0.15, -0.1) is 0 Å². The first-order valence-corrected chi connectivity index (χ1v) is 5.00. The summed E-state index contributed by atoms with van der Waals surface area (Å²) in [6.45, 7) is 0. The van der Waals surface area contributed by atoms with Gasteiger partial charge in [-0.05, 0) is 24.3 Å². The molecule has 17 heavy (non-hydrogen) atoms. The predicted octanol–water partition coefficient (Wildman–Crippen LogP) is 2.71. The molecule has 0 amide bonds. The number of nitrogens with zero attached hydrogens (tertiary/aromatic N) is 1. The van der Waals surface area contributed by atoms with E-state index < -0.39 is 5.82 Å². The van der Waals surface area contributed by atoms with E-state index in [1.807, 2.05) is 0 Å². The Bertz CT molecular complexity index is 555. The van der Waals surface area contributed by atoms with Gasteiger partial charge in [-0.1, -0.05) is 6.07 Å². The molecule has 0 radical (unpaired) electrons. The summed E-state index contributed by atoms with van der Waals surface area (Å²) in [7, 11) is 1.50. The zero-order valence-electron chi connectivity index (χ0n) is 9.18. The maximum absolute atomic E-state index is 13.2. The number of aromatic nitrogens is 1. The Balaban J connectivity index is 2.58. The van der Waals surface area contributed by atoms with Crippen LogP contribution in [0.25, 0.3) is 11.3 Å². The van der Waals surface area contributed by atoms with E-state index >= 15 is 0 Å². The van der Waals surface area contributed by atoms with Gasteiger partial charge in [-0.25, -0.2) is 9.37 Å². The average Bonchev–Trinajstić information content (AvgIpc) is 2.39. The molecule has 0 saturated carbocycles. The first-order valence-electron chi connectivity index (χ1n) is 5.00. The monoisotopic (exact) mass is 231 g/mol. The number of halogens is 1. The normalized spacial score (nSPS) is 10.0. The van der Waals surface area contributed by atoms with Crippen molar-refractivity contribution in [2.45, 2.75) is 0 Å². The molecule has 0 unspecified atom stereocenters. The zero-order valence-corrected chi connectivity index (χ0v) is 9.18. The van der Waals surface area contributed by atoms with E-state index in [0.29, 0.717) is 29.0 Å². The Morgan fingerprint density at radius 3 is 2.82 bits per heavy atom. The standard InChI is InChI=1S/C13H10FNO2/c1-17-13-4-2-3-12(15-13)11-7-10(14)6-5-9(11)8-16/h2-8H,1H3. The van der Waals surface area contributed by atoms with Crippen LogP contribution in [0.15, 0.2) is 36.4 Å². The van der Waals surface area contributed by atoms with Crippen molar-refractivity contribution in [1.82, 2.24) is 4.98 Å². The molecule has 2 aromatic rings. The number of hydrogen-bond donors (Lipinski definition) is 0. The van der Waals surface area contributed by atoms with Crippen molar-refractivity contribution in [3.05, 3.63) is 47.8 Å². The van der Waals surface area contributed by atoms with Crippen LogP contribution >= 0.6 is 0 Å². The summed E-state index contributed by atoms with van der Waals surface area (Å²) >= 11 is 0. The summed E-state index contributed by atoms with van der Waals surface area (Å²) < 4.78 is 18.2. The van der Waals surface area contributed by atoms with Crippen LogP contribution in [0.5, 0.6) is 5.88 Å². The van der Waals surface area contributed by atoms with E-state index in [4.69, 9.17) is 4.74 Å². The van der Waals surface area contributed by atoms with Crippen molar-refractivity contribution in [2.24, 2.45) is 0 Å². The SMILES string of the molecule is COc1cccc(-c2cc(F)ccc2C=O)n1. The zero-order chi connectivity index (χ0) is 12.3. The highest BCUT2D eigenvalue weighted by molar-refractivity contribution is 5.86. The summed E-state index contributed by atoms with van der Waals surface area (Å²) in [6.07, 6.45) is 0.677. The minimum Gasteiger partial charge on any atom is -0.481 e. The highest BCUT2D eigenvalue weighted by Crippen LogP contribution is 2.23. The number of benzene rings is 1. The molecular weight excluding hydrogens is 221 g/mol. The van der Waals surface area contributed by atoms with Crippen molar-refractivity contribution in [1.29, 1.82) is 0 Å². The number of rotatable bonds is 3. The Morgan fingerprint density at radius 1 is 1.29 bits per heavy atom. The van der Waals surface area contributed by atoms with Gasteiger partial charge in [0.15, 0.2) is 6.29 Å². The molecule has 0 aliphatic rings. The van der Waals surface area contributed by atoms with Crippen molar-refractivity contribution in [3.8, 4) is 17.1 Å². The van der Waals surface area contributed by atoms with Gasteiger partial charge in [0.1, 0.15) is 5.82 Å². The van der Waals surface area contributed by atoms with Gasteiger partial charge in [-0.2, -0.15) is 0 Å². The summed E-state index contributed by atoms with van der Waals surface area (Å²) in [6, 6.07) is 9.08. The molecule has 0 fully saturated rings. The molecule has 86 valence electrons. The lowest BCUT2D eigenvalue weighted by atomic mass is 10.0. The predicted molar refractivity (Wildman–Crippen MR) is 61.6 cm³/mol. The first-order chi connectivity index (χ1) is 8.24. The van der Waals surface area contributed by atoms with Crippen molar-refractivity contribution >= 4 is 6.29 Å². The van der Waals surface area contributed by atoms with Gasteiger partial charge < -0.3 is 4.74 Å². The Labute approximate surface area is 97.9 Å². The van der Waals surface area contributed by atoms with Gasteiger partial charge in [0.25, 0.3) is 0 Å². The lowest BCUT2D eigenvalue weighted by Crippen LogP contribution is -1.94. The van der Waals surface area contributed by atoms with E-state index in [-0.39, 0.29) is 0 Å². The van der Waals surface area contributed by atoms with Crippen LogP contribution in [0.2, 0.25) is 0 Å². The topological polar surface area (TPSA) is 39.2 Å². The number of carbonyl (C=O) groups is 1. The minimum atomic E-state index is -0.407. The number of pyridine rings is 1. The smallest absolute Gasteiger partial charge is 0.213 e.